The molecule has 0 saturated carbocycles. The van der Waals surface area contributed by atoms with Crippen molar-refractivity contribution in [3.63, 3.8) is 0 Å². The van der Waals surface area contributed by atoms with Gasteiger partial charge in [-0.2, -0.15) is 0 Å². The van der Waals surface area contributed by atoms with Gasteiger partial charge in [-0.05, 0) is 49.6 Å². The Morgan fingerprint density at radius 3 is 1.68 bits per heavy atom. The predicted molar refractivity (Wildman–Crippen MR) is 193 cm³/mol. The lowest BCUT2D eigenvalue weighted by molar-refractivity contribution is -0.320. The number of aliphatic hydroxyl groups excluding tert-OH is 1. The van der Waals surface area contributed by atoms with Crippen LogP contribution >= 0.6 is 0 Å². The number of ether oxygens (including phenoxy) is 6. The Morgan fingerprint density at radius 2 is 1.17 bits per heavy atom. The van der Waals surface area contributed by atoms with E-state index in [1.54, 1.807) is 32.9 Å². The van der Waals surface area contributed by atoms with E-state index < -0.39 is 66.7 Å². The number of carbonyl (C=O) groups excluding carboxylic acids is 3. The topological polar surface area (TPSA) is 130 Å². The van der Waals surface area contributed by atoms with Crippen LogP contribution in [0.1, 0.15) is 58.2 Å². The minimum atomic E-state index is -1.49. The maximum Gasteiger partial charge on any atom is 0.332 e. The molecular weight excluding hydrogens is 678 g/mol. The van der Waals surface area contributed by atoms with Gasteiger partial charge in [0.15, 0.2) is 12.3 Å². The highest BCUT2D eigenvalue weighted by Gasteiger charge is 2.50. The van der Waals surface area contributed by atoms with Crippen molar-refractivity contribution in [1.29, 1.82) is 0 Å². The Hall–Kier alpha value is -4.75. The highest BCUT2D eigenvalue weighted by atomic mass is 16.7. The first-order valence-corrected chi connectivity index (χ1v) is 17.7. The second-order valence-corrected chi connectivity index (χ2v) is 14.0. The van der Waals surface area contributed by atoms with E-state index in [0.717, 1.165) is 21.6 Å². The molecule has 278 valence electrons. The Morgan fingerprint density at radius 1 is 0.698 bits per heavy atom. The smallest absolute Gasteiger partial charge is 0.332 e. The third kappa shape index (κ3) is 9.63. The maximum atomic E-state index is 13.7. The fraction of sp³-hybridized carbons (Fsp3) is 0.357. The molecule has 0 aromatic heterocycles. The lowest BCUT2D eigenvalue weighted by Crippen LogP contribution is -2.61. The molecule has 2 aliphatic heterocycles. The van der Waals surface area contributed by atoms with Crippen molar-refractivity contribution in [2.24, 2.45) is 0 Å². The second-order valence-electron chi connectivity index (χ2n) is 14.0. The Balaban J connectivity index is 1.27. The van der Waals surface area contributed by atoms with Gasteiger partial charge in [0.05, 0.1) is 44.2 Å². The van der Waals surface area contributed by atoms with Crippen molar-refractivity contribution in [1.82, 2.24) is 4.90 Å². The van der Waals surface area contributed by atoms with Gasteiger partial charge in [0.25, 0.3) is 11.8 Å². The highest BCUT2D eigenvalue weighted by Crippen LogP contribution is 2.31. The van der Waals surface area contributed by atoms with Gasteiger partial charge in [0.1, 0.15) is 30.0 Å². The van der Waals surface area contributed by atoms with Crippen LogP contribution in [-0.2, 0) is 53.0 Å². The SMILES string of the molecule is CC(C)(C)OC(=O)[C@H](CO[C@H]1O[C@H](COCc2ccccc2)[C@@H](OCc2ccccc2)[C@H](OCc2ccccc2)[C@H]1O)N1C(=O)c2ccccc2C1=O. The number of fused-ring (bicyclic) bond motifs is 1. The molecule has 1 saturated heterocycles. The van der Waals surface area contributed by atoms with Gasteiger partial charge in [-0.1, -0.05) is 103 Å². The monoisotopic (exact) mass is 723 g/mol. The number of esters is 1. The molecule has 0 aliphatic carbocycles. The average Bonchev–Trinajstić information content (AvgIpc) is 3.40. The van der Waals surface area contributed by atoms with Crippen LogP contribution in [0.25, 0.3) is 0 Å². The summed E-state index contributed by atoms with van der Waals surface area (Å²) >= 11 is 0. The van der Waals surface area contributed by atoms with E-state index in [0.29, 0.717) is 0 Å². The van der Waals surface area contributed by atoms with Gasteiger partial charge in [-0.3, -0.25) is 14.5 Å². The first kappa shape index (κ1) is 38.0. The number of nitrogens with zero attached hydrogens (tertiary/aromatic N) is 1. The fourth-order valence-electron chi connectivity index (χ4n) is 6.25. The maximum absolute atomic E-state index is 13.7. The average molecular weight is 724 g/mol. The zero-order valence-corrected chi connectivity index (χ0v) is 30.0. The van der Waals surface area contributed by atoms with Crippen LogP contribution in [0.3, 0.4) is 0 Å². The summed E-state index contributed by atoms with van der Waals surface area (Å²) < 4.78 is 37.2. The normalized spacial score (nSPS) is 22.0. The molecule has 4 aromatic carbocycles. The molecule has 0 bridgehead atoms. The summed E-state index contributed by atoms with van der Waals surface area (Å²) in [6.07, 6.45) is -5.41. The van der Waals surface area contributed by atoms with Crippen molar-refractivity contribution >= 4 is 17.8 Å². The predicted octanol–water partition coefficient (Wildman–Crippen LogP) is 5.48. The van der Waals surface area contributed by atoms with Crippen LogP contribution in [0.2, 0.25) is 0 Å². The molecule has 11 nitrogen and oxygen atoms in total. The minimum Gasteiger partial charge on any atom is -0.458 e. The van der Waals surface area contributed by atoms with Crippen LogP contribution < -0.4 is 0 Å². The van der Waals surface area contributed by atoms with Gasteiger partial charge in [-0.25, -0.2) is 4.79 Å². The number of amides is 2. The van der Waals surface area contributed by atoms with E-state index in [4.69, 9.17) is 28.4 Å². The van der Waals surface area contributed by atoms with Crippen LogP contribution in [-0.4, -0.2) is 83.4 Å². The zero-order valence-electron chi connectivity index (χ0n) is 30.0. The van der Waals surface area contributed by atoms with Crippen molar-refractivity contribution in [2.75, 3.05) is 13.2 Å². The van der Waals surface area contributed by atoms with Gasteiger partial charge >= 0.3 is 5.97 Å². The number of hydrogen-bond donors (Lipinski definition) is 1. The number of hydrogen-bond acceptors (Lipinski definition) is 10. The van der Waals surface area contributed by atoms with Crippen LogP contribution in [0.5, 0.6) is 0 Å². The number of benzene rings is 4. The van der Waals surface area contributed by atoms with Crippen molar-refractivity contribution in [2.45, 2.75) is 82.9 Å². The molecule has 11 heteroatoms. The summed E-state index contributed by atoms with van der Waals surface area (Å²) in [7, 11) is 0. The number of imide groups is 1. The summed E-state index contributed by atoms with van der Waals surface area (Å²) in [4.78, 5) is 41.6. The third-order valence-corrected chi connectivity index (χ3v) is 8.81. The van der Waals surface area contributed by atoms with E-state index in [9.17, 15) is 19.5 Å². The van der Waals surface area contributed by atoms with Gasteiger partial charge < -0.3 is 33.5 Å². The lowest BCUT2D eigenvalue weighted by Gasteiger charge is -2.44. The zero-order chi connectivity index (χ0) is 37.4. The quantitative estimate of drug-likeness (QED) is 0.124. The van der Waals surface area contributed by atoms with Crippen LogP contribution in [0, 0.1) is 0 Å². The first-order chi connectivity index (χ1) is 25.6. The molecule has 0 spiro atoms. The number of aliphatic hydroxyl groups is 1. The largest absolute Gasteiger partial charge is 0.458 e. The summed E-state index contributed by atoms with van der Waals surface area (Å²) in [5.74, 6) is -2.15. The summed E-state index contributed by atoms with van der Waals surface area (Å²) in [6, 6.07) is 33.6. The Bertz CT molecular complexity index is 1780. The van der Waals surface area contributed by atoms with E-state index in [-0.39, 0.29) is 37.6 Å². The van der Waals surface area contributed by atoms with Crippen LogP contribution in [0.15, 0.2) is 115 Å². The second kappa shape index (κ2) is 17.4. The van der Waals surface area contributed by atoms with E-state index in [1.807, 2.05) is 91.0 Å². The summed E-state index contributed by atoms with van der Waals surface area (Å²) in [5, 5.41) is 11.9. The van der Waals surface area contributed by atoms with Crippen LogP contribution in [0.4, 0.5) is 0 Å². The molecule has 0 radical (unpaired) electrons. The lowest BCUT2D eigenvalue weighted by atomic mass is 9.98. The molecule has 0 unspecified atom stereocenters. The molecule has 1 N–H and O–H groups in total. The Kier molecular flexibility index (Phi) is 12.5. The van der Waals surface area contributed by atoms with E-state index in [1.165, 1.54) is 12.1 Å². The summed E-state index contributed by atoms with van der Waals surface area (Å²) in [6.45, 7) is 5.20. The molecule has 2 aliphatic rings. The molecule has 53 heavy (non-hydrogen) atoms. The molecule has 6 atom stereocenters. The first-order valence-electron chi connectivity index (χ1n) is 17.7. The fourth-order valence-corrected chi connectivity index (χ4v) is 6.25. The molecular formula is C42H45NO10. The summed E-state index contributed by atoms with van der Waals surface area (Å²) in [5.41, 5.74) is 2.14. The highest BCUT2D eigenvalue weighted by molar-refractivity contribution is 6.22. The molecule has 2 amide bonds. The van der Waals surface area contributed by atoms with E-state index in [2.05, 4.69) is 0 Å². The van der Waals surface area contributed by atoms with Crippen molar-refractivity contribution in [3.05, 3.63) is 143 Å². The van der Waals surface area contributed by atoms with Crippen molar-refractivity contribution in [3.8, 4) is 0 Å². The molecule has 1 fully saturated rings. The number of carbonyl (C=O) groups is 3. The molecule has 6 rings (SSSR count). The minimum absolute atomic E-state index is 0.0417. The van der Waals surface area contributed by atoms with E-state index >= 15 is 0 Å². The molecule has 2 heterocycles. The van der Waals surface area contributed by atoms with Gasteiger partial charge in [0, 0.05) is 0 Å². The third-order valence-electron chi connectivity index (χ3n) is 8.81. The van der Waals surface area contributed by atoms with Gasteiger partial charge in [0.2, 0.25) is 0 Å². The van der Waals surface area contributed by atoms with Gasteiger partial charge in [-0.15, -0.1) is 0 Å². The van der Waals surface area contributed by atoms with Crippen molar-refractivity contribution < 1.29 is 47.9 Å². The standard InChI is InChI=1S/C42H45NO10/c1-42(2,3)53-40(47)33(43-38(45)31-21-13-14-22-32(31)39(43)46)26-51-41-35(44)37(50-25-30-19-11-6-12-20-30)36(49-24-29-17-9-5-10-18-29)34(52-41)27-48-23-28-15-7-4-8-16-28/h4-22,33-37,41,44H,23-27H2,1-3H3/t33-,34+,35+,36+,37+,41-/m0/s1. The molecule has 4 aromatic rings. The Labute approximate surface area is 309 Å². The number of rotatable bonds is 15.